The smallest absolute Gasteiger partial charge is 0.134 e. The van der Waals surface area contributed by atoms with E-state index in [-0.39, 0.29) is 5.78 Å². The summed E-state index contributed by atoms with van der Waals surface area (Å²) in [6, 6.07) is 6.21. The summed E-state index contributed by atoms with van der Waals surface area (Å²) >= 11 is 0. The van der Waals surface area contributed by atoms with Gasteiger partial charge >= 0.3 is 0 Å². The van der Waals surface area contributed by atoms with Crippen LogP contribution in [0.4, 0.5) is 0 Å². The largest absolute Gasteiger partial charge is 0.330 e. The topological polar surface area (TPSA) is 43.1 Å². The molecule has 0 saturated heterocycles. The highest BCUT2D eigenvalue weighted by molar-refractivity contribution is 5.78. The van der Waals surface area contributed by atoms with Gasteiger partial charge in [-0.15, -0.1) is 0 Å². The van der Waals surface area contributed by atoms with E-state index >= 15 is 0 Å². The minimum absolute atomic E-state index is 0.208. The SMILES string of the molecule is CC(=O)Cc1cccc(C(C)C)c1CCN. The normalized spacial score (nSPS) is 10.8. The summed E-state index contributed by atoms with van der Waals surface area (Å²) in [5.41, 5.74) is 9.38. The van der Waals surface area contributed by atoms with Crippen LogP contribution >= 0.6 is 0 Å². The van der Waals surface area contributed by atoms with E-state index in [1.165, 1.54) is 11.1 Å². The van der Waals surface area contributed by atoms with Crippen molar-refractivity contribution in [2.45, 2.75) is 39.5 Å². The zero-order valence-electron chi connectivity index (χ0n) is 10.4. The molecule has 0 heterocycles. The maximum atomic E-state index is 11.2. The third-order valence-corrected chi connectivity index (χ3v) is 2.77. The number of Topliss-reactive ketones (excluding diaryl/α,β-unsaturated/α-hetero) is 1. The molecule has 0 aromatic heterocycles. The summed E-state index contributed by atoms with van der Waals surface area (Å²) in [5.74, 6) is 0.688. The number of carbonyl (C=O) groups is 1. The zero-order chi connectivity index (χ0) is 12.1. The lowest BCUT2D eigenvalue weighted by Gasteiger charge is -2.16. The van der Waals surface area contributed by atoms with Gasteiger partial charge in [-0.25, -0.2) is 0 Å². The van der Waals surface area contributed by atoms with Crippen LogP contribution in [0.25, 0.3) is 0 Å². The van der Waals surface area contributed by atoms with E-state index in [9.17, 15) is 4.79 Å². The van der Waals surface area contributed by atoms with Crippen molar-refractivity contribution in [2.24, 2.45) is 5.73 Å². The van der Waals surface area contributed by atoms with Crippen LogP contribution in [0.2, 0.25) is 0 Å². The average molecular weight is 219 g/mol. The highest BCUT2D eigenvalue weighted by atomic mass is 16.1. The van der Waals surface area contributed by atoms with Crippen LogP contribution in [0.15, 0.2) is 18.2 Å². The fourth-order valence-electron chi connectivity index (χ4n) is 2.08. The van der Waals surface area contributed by atoms with Gasteiger partial charge in [0.25, 0.3) is 0 Å². The minimum atomic E-state index is 0.208. The van der Waals surface area contributed by atoms with Crippen LogP contribution in [0.3, 0.4) is 0 Å². The monoisotopic (exact) mass is 219 g/mol. The minimum Gasteiger partial charge on any atom is -0.330 e. The molecule has 0 fully saturated rings. The Bertz CT molecular complexity index is 369. The lowest BCUT2D eigenvalue weighted by molar-refractivity contribution is -0.116. The van der Waals surface area contributed by atoms with Crippen LogP contribution in [-0.2, 0) is 17.6 Å². The molecule has 0 saturated carbocycles. The van der Waals surface area contributed by atoms with E-state index in [1.807, 2.05) is 12.1 Å². The first-order chi connectivity index (χ1) is 7.56. The van der Waals surface area contributed by atoms with E-state index in [2.05, 4.69) is 19.9 Å². The molecule has 0 radical (unpaired) electrons. The Labute approximate surface area is 97.9 Å². The molecular weight excluding hydrogens is 198 g/mol. The van der Waals surface area contributed by atoms with Gasteiger partial charge in [0, 0.05) is 6.42 Å². The van der Waals surface area contributed by atoms with Crippen LogP contribution in [0.1, 0.15) is 43.4 Å². The number of benzene rings is 1. The molecule has 0 aliphatic heterocycles. The van der Waals surface area contributed by atoms with Crippen LogP contribution in [-0.4, -0.2) is 12.3 Å². The van der Waals surface area contributed by atoms with Gasteiger partial charge in [-0.3, -0.25) is 4.79 Å². The second-order valence-corrected chi connectivity index (χ2v) is 4.56. The van der Waals surface area contributed by atoms with Gasteiger partial charge < -0.3 is 5.73 Å². The molecule has 0 atom stereocenters. The number of hydrogen-bond donors (Lipinski definition) is 1. The number of ketones is 1. The van der Waals surface area contributed by atoms with Gasteiger partial charge in [-0.1, -0.05) is 32.0 Å². The molecule has 2 nitrogen and oxygen atoms in total. The molecule has 2 heteroatoms. The molecule has 0 bridgehead atoms. The summed E-state index contributed by atoms with van der Waals surface area (Å²) in [6.07, 6.45) is 1.38. The van der Waals surface area contributed by atoms with Crippen molar-refractivity contribution < 1.29 is 4.79 Å². The summed E-state index contributed by atoms with van der Waals surface area (Å²) in [5, 5.41) is 0. The van der Waals surface area contributed by atoms with Crippen LogP contribution in [0.5, 0.6) is 0 Å². The highest BCUT2D eigenvalue weighted by Gasteiger charge is 2.11. The van der Waals surface area contributed by atoms with Crippen LogP contribution in [0, 0.1) is 0 Å². The summed E-state index contributed by atoms with van der Waals surface area (Å²) in [6.45, 7) is 6.61. The molecule has 1 aromatic rings. The van der Waals surface area contributed by atoms with Crippen molar-refractivity contribution in [1.29, 1.82) is 0 Å². The predicted molar refractivity (Wildman–Crippen MR) is 67.7 cm³/mol. The summed E-state index contributed by atoms with van der Waals surface area (Å²) < 4.78 is 0. The third kappa shape index (κ3) is 3.17. The Morgan fingerprint density at radius 2 is 2.06 bits per heavy atom. The molecule has 1 aromatic carbocycles. The molecule has 0 aliphatic rings. The quantitative estimate of drug-likeness (QED) is 0.826. The summed E-state index contributed by atoms with van der Waals surface area (Å²) in [7, 11) is 0. The first-order valence-corrected chi connectivity index (χ1v) is 5.86. The predicted octanol–water partition coefficient (Wildman–Crippen LogP) is 2.44. The third-order valence-electron chi connectivity index (χ3n) is 2.77. The van der Waals surface area contributed by atoms with E-state index in [4.69, 9.17) is 5.73 Å². The fraction of sp³-hybridized carbons (Fsp3) is 0.500. The number of rotatable bonds is 5. The molecule has 1 rings (SSSR count). The number of nitrogens with two attached hydrogens (primary N) is 1. The fourth-order valence-corrected chi connectivity index (χ4v) is 2.08. The van der Waals surface area contributed by atoms with Crippen molar-refractivity contribution >= 4 is 5.78 Å². The number of carbonyl (C=O) groups excluding carboxylic acids is 1. The van der Waals surface area contributed by atoms with Gasteiger partial charge in [-0.2, -0.15) is 0 Å². The second-order valence-electron chi connectivity index (χ2n) is 4.56. The first kappa shape index (κ1) is 12.9. The molecule has 0 aliphatic carbocycles. The molecule has 0 spiro atoms. The van der Waals surface area contributed by atoms with Crippen molar-refractivity contribution in [3.63, 3.8) is 0 Å². The van der Waals surface area contributed by atoms with Crippen LogP contribution < -0.4 is 5.73 Å². The standard InChI is InChI=1S/C14H21NO/c1-10(2)13-6-4-5-12(9-11(3)16)14(13)7-8-15/h4-6,10H,7-9,15H2,1-3H3. The van der Waals surface area contributed by atoms with Crippen molar-refractivity contribution in [2.75, 3.05) is 6.54 Å². The number of hydrogen-bond acceptors (Lipinski definition) is 2. The molecule has 16 heavy (non-hydrogen) atoms. The highest BCUT2D eigenvalue weighted by Crippen LogP contribution is 2.23. The Kier molecular flexibility index (Phi) is 4.69. The van der Waals surface area contributed by atoms with Gasteiger partial charge in [0.2, 0.25) is 0 Å². The average Bonchev–Trinajstić information content (AvgIpc) is 2.19. The van der Waals surface area contributed by atoms with E-state index in [1.54, 1.807) is 6.92 Å². The van der Waals surface area contributed by atoms with Crippen molar-refractivity contribution in [1.82, 2.24) is 0 Å². The molecule has 0 amide bonds. The van der Waals surface area contributed by atoms with E-state index in [0.29, 0.717) is 18.9 Å². The maximum Gasteiger partial charge on any atom is 0.134 e. The van der Waals surface area contributed by atoms with E-state index < -0.39 is 0 Å². The molecule has 88 valence electrons. The summed E-state index contributed by atoms with van der Waals surface area (Å²) in [4.78, 5) is 11.2. The Morgan fingerprint density at radius 1 is 1.38 bits per heavy atom. The zero-order valence-corrected chi connectivity index (χ0v) is 10.4. The lowest BCUT2D eigenvalue weighted by atomic mass is 9.89. The van der Waals surface area contributed by atoms with Gasteiger partial charge in [0.15, 0.2) is 0 Å². The molecular formula is C14H21NO. The molecule has 0 unspecified atom stereocenters. The Balaban J connectivity index is 3.15. The maximum absolute atomic E-state index is 11.2. The van der Waals surface area contributed by atoms with Gasteiger partial charge in [0.1, 0.15) is 5.78 Å². The van der Waals surface area contributed by atoms with E-state index in [0.717, 1.165) is 12.0 Å². The lowest BCUT2D eigenvalue weighted by Crippen LogP contribution is -2.11. The van der Waals surface area contributed by atoms with Gasteiger partial charge in [-0.05, 0) is 42.5 Å². The first-order valence-electron chi connectivity index (χ1n) is 5.86. The van der Waals surface area contributed by atoms with Gasteiger partial charge in [0.05, 0.1) is 0 Å². The molecule has 2 N–H and O–H groups in total. The van der Waals surface area contributed by atoms with Crippen molar-refractivity contribution in [3.8, 4) is 0 Å². The Hall–Kier alpha value is -1.15. The van der Waals surface area contributed by atoms with Crippen molar-refractivity contribution in [3.05, 3.63) is 34.9 Å². The Morgan fingerprint density at radius 3 is 2.56 bits per heavy atom. The second kappa shape index (κ2) is 5.80.